The van der Waals surface area contributed by atoms with E-state index < -0.39 is 5.97 Å². The van der Waals surface area contributed by atoms with Crippen LogP contribution in [0.1, 0.15) is 40.0 Å². The number of para-hydroxylation sites is 2. The number of pyridine rings is 1. The van der Waals surface area contributed by atoms with E-state index >= 15 is 0 Å². The monoisotopic (exact) mass is 515 g/mol. The van der Waals surface area contributed by atoms with Crippen molar-refractivity contribution >= 4 is 35.2 Å². The molecule has 1 amide bonds. The summed E-state index contributed by atoms with van der Waals surface area (Å²) in [6.07, 6.45) is 5.51. The molecule has 0 aliphatic rings. The molecule has 0 unspecified atom stereocenters. The number of ether oxygens (including phenoxy) is 1. The molecule has 3 aromatic rings. The van der Waals surface area contributed by atoms with Gasteiger partial charge in [-0.1, -0.05) is 42.5 Å². The number of carbonyl (C=O) groups excluding carboxylic acids is 1. The van der Waals surface area contributed by atoms with Crippen molar-refractivity contribution in [1.82, 2.24) is 4.98 Å². The Balaban J connectivity index is 1.96. The number of nitriles is 1. The molecule has 1 aromatic heterocycles. The maximum Gasteiger partial charge on any atom is 0.303 e. The number of amides is 1. The standard InChI is InChI=1S/C29H26ClN3O4/c1-4-5-9-24-19(2)16-21(18-31)28(32-24)22-17-20(13-14-23(22)30)29(36)33(3)25-10-6-7-11-26(25)37-15-8-12-27(34)35/h4-7,9-11,13-14,16-17H,1,8,12,15H2,2-3H3,(H,34,35)/b9-5-. The van der Waals surface area contributed by atoms with Crippen LogP contribution in [0.2, 0.25) is 5.02 Å². The third-order valence-corrected chi connectivity index (χ3v) is 5.88. The minimum atomic E-state index is -0.894. The van der Waals surface area contributed by atoms with Crippen molar-refractivity contribution in [1.29, 1.82) is 5.26 Å². The van der Waals surface area contributed by atoms with Gasteiger partial charge in [-0.15, -0.1) is 0 Å². The van der Waals surface area contributed by atoms with Gasteiger partial charge in [0.25, 0.3) is 5.91 Å². The summed E-state index contributed by atoms with van der Waals surface area (Å²) in [4.78, 5) is 30.3. The summed E-state index contributed by atoms with van der Waals surface area (Å²) in [7, 11) is 1.62. The molecule has 8 heteroatoms. The van der Waals surface area contributed by atoms with Gasteiger partial charge in [-0.05, 0) is 61.4 Å². The molecule has 0 saturated carbocycles. The number of carboxylic acids is 1. The number of aryl methyl sites for hydroxylation is 1. The van der Waals surface area contributed by atoms with Crippen LogP contribution in [0.15, 0.2) is 67.3 Å². The molecule has 0 atom stereocenters. The number of benzene rings is 2. The molecule has 1 N–H and O–H groups in total. The Morgan fingerprint density at radius 2 is 2.00 bits per heavy atom. The predicted octanol–water partition coefficient (Wildman–Crippen LogP) is 6.30. The van der Waals surface area contributed by atoms with Gasteiger partial charge in [-0.2, -0.15) is 5.26 Å². The quantitative estimate of drug-likeness (QED) is 0.251. The van der Waals surface area contributed by atoms with Crippen LogP contribution in [0.5, 0.6) is 5.75 Å². The number of carbonyl (C=O) groups is 2. The largest absolute Gasteiger partial charge is 0.491 e. The highest BCUT2D eigenvalue weighted by Gasteiger charge is 2.20. The molecule has 0 bridgehead atoms. The summed E-state index contributed by atoms with van der Waals surface area (Å²) >= 11 is 6.51. The van der Waals surface area contributed by atoms with E-state index in [1.165, 1.54) is 4.90 Å². The number of aliphatic carboxylic acids is 1. The van der Waals surface area contributed by atoms with Gasteiger partial charge in [0.2, 0.25) is 0 Å². The fourth-order valence-corrected chi connectivity index (χ4v) is 3.86. The van der Waals surface area contributed by atoms with E-state index in [1.807, 2.05) is 6.92 Å². The Labute approximate surface area is 220 Å². The summed E-state index contributed by atoms with van der Waals surface area (Å²) in [6.45, 7) is 5.74. The molecule has 0 saturated heterocycles. The number of aromatic nitrogens is 1. The highest BCUT2D eigenvalue weighted by molar-refractivity contribution is 6.33. The molecule has 7 nitrogen and oxygen atoms in total. The molecular weight excluding hydrogens is 490 g/mol. The maximum absolute atomic E-state index is 13.5. The number of anilines is 1. The van der Waals surface area contributed by atoms with E-state index in [2.05, 4.69) is 17.6 Å². The Kier molecular flexibility index (Phi) is 9.20. The first-order valence-electron chi connectivity index (χ1n) is 11.5. The first kappa shape index (κ1) is 27.2. The minimum Gasteiger partial charge on any atom is -0.491 e. The third-order valence-electron chi connectivity index (χ3n) is 5.56. The van der Waals surface area contributed by atoms with Crippen LogP contribution in [-0.4, -0.2) is 35.6 Å². The Morgan fingerprint density at radius 3 is 2.70 bits per heavy atom. The van der Waals surface area contributed by atoms with E-state index in [0.717, 1.165) is 5.56 Å². The molecule has 0 aliphatic carbocycles. The zero-order valence-corrected chi connectivity index (χ0v) is 21.3. The van der Waals surface area contributed by atoms with Crippen LogP contribution in [0.3, 0.4) is 0 Å². The molecule has 0 aliphatic heterocycles. The number of rotatable bonds is 10. The van der Waals surface area contributed by atoms with E-state index in [1.54, 1.807) is 73.8 Å². The highest BCUT2D eigenvalue weighted by Crippen LogP contribution is 2.33. The van der Waals surface area contributed by atoms with Gasteiger partial charge < -0.3 is 14.7 Å². The normalized spacial score (nSPS) is 10.6. The highest BCUT2D eigenvalue weighted by atomic mass is 35.5. The van der Waals surface area contributed by atoms with Crippen molar-refractivity contribution in [2.75, 3.05) is 18.6 Å². The number of hydrogen-bond donors (Lipinski definition) is 1. The maximum atomic E-state index is 13.5. The molecule has 1 heterocycles. The smallest absolute Gasteiger partial charge is 0.303 e. The lowest BCUT2D eigenvalue weighted by molar-refractivity contribution is -0.137. The number of nitrogens with zero attached hydrogens (tertiary/aromatic N) is 3. The van der Waals surface area contributed by atoms with Crippen molar-refractivity contribution in [3.63, 3.8) is 0 Å². The lowest BCUT2D eigenvalue weighted by atomic mass is 10.0. The second kappa shape index (κ2) is 12.5. The molecular formula is C29H26ClN3O4. The van der Waals surface area contributed by atoms with Crippen molar-refractivity contribution in [3.8, 4) is 23.1 Å². The summed E-state index contributed by atoms with van der Waals surface area (Å²) in [5, 5.41) is 18.9. The molecule has 0 radical (unpaired) electrons. The average molecular weight is 516 g/mol. The third kappa shape index (κ3) is 6.63. The fraction of sp³-hybridized carbons (Fsp3) is 0.172. The van der Waals surface area contributed by atoms with Crippen molar-refractivity contribution in [3.05, 3.63) is 94.7 Å². The summed E-state index contributed by atoms with van der Waals surface area (Å²) in [5.74, 6) is -0.755. The second-order valence-corrected chi connectivity index (χ2v) is 8.57. The SMILES string of the molecule is C=C/C=C\c1nc(-c2cc(C(=O)N(C)c3ccccc3OCCCC(=O)O)ccc2Cl)c(C#N)cc1C. The van der Waals surface area contributed by atoms with E-state index in [4.69, 9.17) is 21.4 Å². The summed E-state index contributed by atoms with van der Waals surface area (Å²) in [5.41, 5.74) is 3.53. The molecule has 188 valence electrons. The van der Waals surface area contributed by atoms with Gasteiger partial charge >= 0.3 is 5.97 Å². The van der Waals surface area contributed by atoms with E-state index in [0.29, 0.717) is 51.0 Å². The molecule has 0 fully saturated rings. The fourth-order valence-electron chi connectivity index (χ4n) is 3.65. The van der Waals surface area contributed by atoms with Gasteiger partial charge in [-0.3, -0.25) is 9.59 Å². The van der Waals surface area contributed by atoms with Crippen molar-refractivity contribution < 1.29 is 19.4 Å². The van der Waals surface area contributed by atoms with Crippen molar-refractivity contribution in [2.45, 2.75) is 19.8 Å². The van der Waals surface area contributed by atoms with Gasteiger partial charge in [0, 0.05) is 24.6 Å². The van der Waals surface area contributed by atoms with Crippen LogP contribution >= 0.6 is 11.6 Å². The number of halogens is 1. The zero-order valence-electron chi connectivity index (χ0n) is 20.6. The Bertz CT molecular complexity index is 1410. The second-order valence-electron chi connectivity index (χ2n) is 8.17. The van der Waals surface area contributed by atoms with E-state index in [9.17, 15) is 14.9 Å². The first-order valence-corrected chi connectivity index (χ1v) is 11.9. The van der Waals surface area contributed by atoms with Gasteiger partial charge in [0.1, 0.15) is 11.8 Å². The van der Waals surface area contributed by atoms with Crippen LogP contribution in [0.25, 0.3) is 17.3 Å². The summed E-state index contributed by atoms with van der Waals surface area (Å²) in [6, 6.07) is 15.8. The van der Waals surface area contributed by atoms with Crippen LogP contribution in [-0.2, 0) is 4.79 Å². The minimum absolute atomic E-state index is 0.00663. The van der Waals surface area contributed by atoms with Gasteiger partial charge in [-0.25, -0.2) is 4.98 Å². The summed E-state index contributed by atoms with van der Waals surface area (Å²) < 4.78 is 5.76. The Hall–Kier alpha value is -4.41. The van der Waals surface area contributed by atoms with Crippen LogP contribution in [0, 0.1) is 18.3 Å². The van der Waals surface area contributed by atoms with Gasteiger partial charge in [0.05, 0.1) is 34.3 Å². The lowest BCUT2D eigenvalue weighted by Gasteiger charge is -2.21. The average Bonchev–Trinajstić information content (AvgIpc) is 2.90. The van der Waals surface area contributed by atoms with E-state index in [-0.39, 0.29) is 18.9 Å². The Morgan fingerprint density at radius 1 is 1.24 bits per heavy atom. The van der Waals surface area contributed by atoms with Crippen LogP contribution in [0.4, 0.5) is 5.69 Å². The predicted molar refractivity (Wildman–Crippen MR) is 145 cm³/mol. The molecule has 37 heavy (non-hydrogen) atoms. The molecule has 2 aromatic carbocycles. The molecule has 0 spiro atoms. The lowest BCUT2D eigenvalue weighted by Crippen LogP contribution is -2.26. The van der Waals surface area contributed by atoms with Gasteiger partial charge in [0.15, 0.2) is 0 Å². The first-order chi connectivity index (χ1) is 17.8. The van der Waals surface area contributed by atoms with Crippen LogP contribution < -0.4 is 9.64 Å². The number of carboxylic acid groups (broad SMARTS) is 1. The zero-order chi connectivity index (χ0) is 26.9. The number of allylic oxidation sites excluding steroid dienone is 2. The molecule has 3 rings (SSSR count). The topological polar surface area (TPSA) is 104 Å². The number of hydrogen-bond acceptors (Lipinski definition) is 5. The van der Waals surface area contributed by atoms with Crippen molar-refractivity contribution in [2.24, 2.45) is 0 Å².